The third kappa shape index (κ3) is 6.23. The summed E-state index contributed by atoms with van der Waals surface area (Å²) in [5.74, 6) is -0.698. The number of nitrogens with zero attached hydrogens (tertiary/aromatic N) is 1. The molecule has 1 saturated heterocycles. The third-order valence-corrected chi connectivity index (χ3v) is 3.08. The highest BCUT2D eigenvalue weighted by Gasteiger charge is 2.30. The van der Waals surface area contributed by atoms with Crippen LogP contribution in [-0.2, 0) is 14.3 Å². The number of alkyl halides is 3. The van der Waals surface area contributed by atoms with Crippen LogP contribution in [0.25, 0.3) is 0 Å². The van der Waals surface area contributed by atoms with Gasteiger partial charge in [-0.3, -0.25) is 9.59 Å². The number of halogens is 3. The summed E-state index contributed by atoms with van der Waals surface area (Å²) in [5.41, 5.74) is 0. The van der Waals surface area contributed by atoms with Gasteiger partial charge in [0.05, 0.1) is 13.0 Å². The Kier molecular flexibility index (Phi) is 6.25. The molecule has 20 heavy (non-hydrogen) atoms. The lowest BCUT2D eigenvalue weighted by Crippen LogP contribution is -2.32. The predicted octanol–water partition coefficient (Wildman–Crippen LogP) is 0.940. The minimum atomic E-state index is -4.32. The third-order valence-electron chi connectivity index (χ3n) is 3.08. The minimum Gasteiger partial charge on any atom is -0.383 e. The number of rotatable bonds is 7. The molecule has 116 valence electrons. The van der Waals surface area contributed by atoms with Gasteiger partial charge in [-0.1, -0.05) is 0 Å². The molecule has 8 heteroatoms. The molecule has 1 atom stereocenters. The van der Waals surface area contributed by atoms with Crippen molar-refractivity contribution in [1.29, 1.82) is 0 Å². The molecule has 0 aromatic rings. The van der Waals surface area contributed by atoms with Crippen molar-refractivity contribution >= 4 is 11.8 Å². The molecular weight excluding hydrogens is 277 g/mol. The molecule has 1 aliphatic heterocycles. The van der Waals surface area contributed by atoms with Gasteiger partial charge in [-0.2, -0.15) is 13.2 Å². The Morgan fingerprint density at radius 2 is 2.20 bits per heavy atom. The Hall–Kier alpha value is -1.31. The molecule has 0 aliphatic carbocycles. The van der Waals surface area contributed by atoms with Crippen molar-refractivity contribution in [2.45, 2.75) is 25.4 Å². The summed E-state index contributed by atoms with van der Waals surface area (Å²) < 4.78 is 40.7. The molecule has 0 bridgehead atoms. The monoisotopic (exact) mass is 296 g/mol. The highest BCUT2D eigenvalue weighted by molar-refractivity contribution is 5.79. The molecule has 1 rings (SSSR count). The van der Waals surface area contributed by atoms with Crippen LogP contribution in [0, 0.1) is 5.92 Å². The summed E-state index contributed by atoms with van der Waals surface area (Å²) in [6.07, 6.45) is -5.71. The van der Waals surface area contributed by atoms with Crippen LogP contribution in [0.1, 0.15) is 19.3 Å². The fourth-order valence-corrected chi connectivity index (χ4v) is 2.01. The smallest absolute Gasteiger partial charge is 0.383 e. The van der Waals surface area contributed by atoms with E-state index < -0.39 is 24.9 Å². The summed E-state index contributed by atoms with van der Waals surface area (Å²) in [6, 6.07) is 0. The molecule has 0 spiro atoms. The Bertz CT molecular complexity index is 347. The average Bonchev–Trinajstić information content (AvgIpc) is 2.71. The maximum atomic E-state index is 11.9. The molecule has 0 saturated carbocycles. The zero-order chi connectivity index (χ0) is 15.2. The second kappa shape index (κ2) is 7.47. The zero-order valence-electron chi connectivity index (χ0n) is 11.3. The lowest BCUT2D eigenvalue weighted by atomic mass is 10.1. The van der Waals surface area contributed by atoms with Gasteiger partial charge in [-0.25, -0.2) is 0 Å². The predicted molar refractivity (Wildman–Crippen MR) is 64.9 cm³/mol. The van der Waals surface area contributed by atoms with E-state index in [-0.39, 0.29) is 18.4 Å². The average molecular weight is 296 g/mol. The van der Waals surface area contributed by atoms with Gasteiger partial charge < -0.3 is 15.0 Å². The molecule has 0 aromatic heterocycles. The Morgan fingerprint density at radius 1 is 1.50 bits per heavy atom. The zero-order valence-corrected chi connectivity index (χ0v) is 11.3. The minimum absolute atomic E-state index is 0.0170. The summed E-state index contributed by atoms with van der Waals surface area (Å²) >= 11 is 0. The van der Waals surface area contributed by atoms with E-state index in [4.69, 9.17) is 4.74 Å². The van der Waals surface area contributed by atoms with Crippen LogP contribution < -0.4 is 5.32 Å². The molecule has 0 radical (unpaired) electrons. The number of ether oxygens (including phenoxy) is 1. The van der Waals surface area contributed by atoms with E-state index in [0.29, 0.717) is 26.1 Å². The van der Waals surface area contributed by atoms with E-state index in [1.807, 2.05) is 0 Å². The molecule has 1 aliphatic rings. The van der Waals surface area contributed by atoms with E-state index in [1.54, 1.807) is 12.0 Å². The van der Waals surface area contributed by atoms with Gasteiger partial charge in [0.15, 0.2) is 0 Å². The summed E-state index contributed by atoms with van der Waals surface area (Å²) in [4.78, 5) is 24.5. The van der Waals surface area contributed by atoms with E-state index in [1.165, 1.54) is 0 Å². The van der Waals surface area contributed by atoms with Gasteiger partial charge in [0.25, 0.3) is 0 Å². The Balaban J connectivity index is 2.23. The molecule has 0 unspecified atom stereocenters. The standard InChI is InChI=1S/C12H19F3N2O3/c1-20-5-4-17-8-9(6-11(17)19)7-16-10(18)2-3-12(13,14)15/h9H,2-8H2,1H3,(H,16,18)/t9-/m1/s1. The molecule has 0 aromatic carbocycles. The molecule has 5 nitrogen and oxygen atoms in total. The van der Waals surface area contributed by atoms with E-state index >= 15 is 0 Å². The number of methoxy groups -OCH3 is 1. The highest BCUT2D eigenvalue weighted by atomic mass is 19.4. The van der Waals surface area contributed by atoms with Crippen LogP contribution in [0.15, 0.2) is 0 Å². The van der Waals surface area contributed by atoms with Crippen LogP contribution in [0.2, 0.25) is 0 Å². The molecule has 1 heterocycles. The number of hydrogen-bond donors (Lipinski definition) is 1. The number of nitrogens with one attached hydrogen (secondary N) is 1. The van der Waals surface area contributed by atoms with Gasteiger partial charge in [-0.15, -0.1) is 0 Å². The maximum Gasteiger partial charge on any atom is 0.389 e. The molecule has 2 amide bonds. The van der Waals surface area contributed by atoms with Crippen molar-refractivity contribution in [2.75, 3.05) is 33.4 Å². The van der Waals surface area contributed by atoms with Crippen LogP contribution >= 0.6 is 0 Å². The number of carbonyl (C=O) groups is 2. The maximum absolute atomic E-state index is 11.9. The van der Waals surface area contributed by atoms with E-state index in [9.17, 15) is 22.8 Å². The fourth-order valence-electron chi connectivity index (χ4n) is 2.01. The highest BCUT2D eigenvalue weighted by Crippen LogP contribution is 2.21. The second-order valence-electron chi connectivity index (χ2n) is 4.82. The first kappa shape index (κ1) is 16.7. The lowest BCUT2D eigenvalue weighted by Gasteiger charge is -2.16. The molecular formula is C12H19F3N2O3. The van der Waals surface area contributed by atoms with Crippen molar-refractivity contribution in [3.8, 4) is 0 Å². The van der Waals surface area contributed by atoms with Crippen molar-refractivity contribution < 1.29 is 27.5 Å². The van der Waals surface area contributed by atoms with Crippen molar-refractivity contribution in [1.82, 2.24) is 10.2 Å². The summed E-state index contributed by atoms with van der Waals surface area (Å²) in [7, 11) is 1.54. The first-order valence-corrected chi connectivity index (χ1v) is 6.42. The van der Waals surface area contributed by atoms with Crippen molar-refractivity contribution in [3.05, 3.63) is 0 Å². The van der Waals surface area contributed by atoms with E-state index in [2.05, 4.69) is 5.32 Å². The second-order valence-corrected chi connectivity index (χ2v) is 4.82. The number of hydrogen-bond acceptors (Lipinski definition) is 3. The quantitative estimate of drug-likeness (QED) is 0.760. The van der Waals surface area contributed by atoms with Gasteiger partial charge in [0, 0.05) is 45.5 Å². The fraction of sp³-hybridized carbons (Fsp3) is 0.833. The number of likely N-dealkylation sites (tertiary alicyclic amines) is 1. The Morgan fingerprint density at radius 3 is 2.80 bits per heavy atom. The van der Waals surface area contributed by atoms with Crippen molar-refractivity contribution in [2.24, 2.45) is 5.92 Å². The summed E-state index contributed by atoms with van der Waals surface area (Å²) in [6.45, 7) is 1.66. The van der Waals surface area contributed by atoms with Gasteiger partial charge in [0.2, 0.25) is 11.8 Å². The topological polar surface area (TPSA) is 58.6 Å². The first-order valence-electron chi connectivity index (χ1n) is 6.42. The number of carbonyl (C=O) groups excluding carboxylic acids is 2. The van der Waals surface area contributed by atoms with Gasteiger partial charge in [-0.05, 0) is 0 Å². The lowest BCUT2D eigenvalue weighted by molar-refractivity contribution is -0.144. The first-order chi connectivity index (χ1) is 9.31. The van der Waals surface area contributed by atoms with E-state index in [0.717, 1.165) is 0 Å². The summed E-state index contributed by atoms with van der Waals surface area (Å²) in [5, 5.41) is 2.45. The largest absolute Gasteiger partial charge is 0.389 e. The van der Waals surface area contributed by atoms with Crippen LogP contribution in [0.3, 0.4) is 0 Å². The molecule has 1 fully saturated rings. The van der Waals surface area contributed by atoms with Gasteiger partial charge >= 0.3 is 6.18 Å². The van der Waals surface area contributed by atoms with Gasteiger partial charge in [0.1, 0.15) is 0 Å². The van der Waals surface area contributed by atoms with Crippen LogP contribution in [-0.4, -0.2) is 56.2 Å². The number of amides is 2. The van der Waals surface area contributed by atoms with Crippen LogP contribution in [0.5, 0.6) is 0 Å². The Labute approximate surface area is 115 Å². The van der Waals surface area contributed by atoms with Crippen LogP contribution in [0.4, 0.5) is 13.2 Å². The molecule has 1 N–H and O–H groups in total. The van der Waals surface area contributed by atoms with Crippen molar-refractivity contribution in [3.63, 3.8) is 0 Å². The normalized spacial score (nSPS) is 19.5. The SMILES string of the molecule is COCCN1C[C@@H](CNC(=O)CCC(F)(F)F)CC1=O.